The van der Waals surface area contributed by atoms with Gasteiger partial charge in [0, 0.05) is 32.2 Å². The maximum absolute atomic E-state index is 10.7. The standard InChI is InChI=1S/C13H18N2O3/c16-9-11-7-15(8-12(11)14-13(17)18)6-10-4-2-1-3-5-10/h1-5,11-12,14,16H,6-9H2,(H,17,18)/t11-,12+/m0/s1. The molecule has 0 unspecified atom stereocenters. The minimum atomic E-state index is -1.03. The molecule has 1 aliphatic rings. The number of hydrogen-bond acceptors (Lipinski definition) is 3. The van der Waals surface area contributed by atoms with E-state index in [4.69, 9.17) is 5.11 Å². The molecule has 0 aromatic heterocycles. The van der Waals surface area contributed by atoms with E-state index in [9.17, 15) is 9.90 Å². The Bertz CT molecular complexity index is 396. The number of likely N-dealkylation sites (tertiary alicyclic amines) is 1. The Morgan fingerprint density at radius 3 is 2.67 bits per heavy atom. The van der Waals surface area contributed by atoms with Crippen LogP contribution in [0.4, 0.5) is 4.79 Å². The van der Waals surface area contributed by atoms with Crippen LogP contribution in [0.1, 0.15) is 5.56 Å². The van der Waals surface area contributed by atoms with Crippen molar-refractivity contribution in [1.82, 2.24) is 10.2 Å². The van der Waals surface area contributed by atoms with Crippen LogP contribution in [-0.2, 0) is 6.54 Å². The molecule has 2 rings (SSSR count). The summed E-state index contributed by atoms with van der Waals surface area (Å²) >= 11 is 0. The second kappa shape index (κ2) is 5.84. The zero-order chi connectivity index (χ0) is 13.0. The van der Waals surface area contributed by atoms with Crippen molar-refractivity contribution >= 4 is 6.09 Å². The van der Waals surface area contributed by atoms with Gasteiger partial charge in [-0.1, -0.05) is 30.3 Å². The van der Waals surface area contributed by atoms with Crippen molar-refractivity contribution in [3.05, 3.63) is 35.9 Å². The fraction of sp³-hybridized carbons (Fsp3) is 0.462. The largest absolute Gasteiger partial charge is 0.465 e. The highest BCUT2D eigenvalue weighted by Gasteiger charge is 2.33. The first-order valence-corrected chi connectivity index (χ1v) is 6.05. The predicted molar refractivity (Wildman–Crippen MR) is 67.2 cm³/mol. The van der Waals surface area contributed by atoms with Gasteiger partial charge in [-0.05, 0) is 5.56 Å². The van der Waals surface area contributed by atoms with Crippen molar-refractivity contribution in [2.45, 2.75) is 12.6 Å². The average Bonchev–Trinajstić information content (AvgIpc) is 2.71. The summed E-state index contributed by atoms with van der Waals surface area (Å²) in [6, 6.07) is 9.86. The van der Waals surface area contributed by atoms with Gasteiger partial charge in [0.15, 0.2) is 0 Å². The minimum absolute atomic E-state index is 0.0102. The molecule has 1 amide bonds. The normalized spacial score (nSPS) is 24.1. The first kappa shape index (κ1) is 12.9. The Morgan fingerprint density at radius 1 is 1.33 bits per heavy atom. The summed E-state index contributed by atoms with van der Waals surface area (Å²) in [5, 5.41) is 20.5. The number of benzene rings is 1. The number of amides is 1. The highest BCUT2D eigenvalue weighted by atomic mass is 16.4. The third-order valence-electron chi connectivity index (χ3n) is 3.31. The van der Waals surface area contributed by atoms with Gasteiger partial charge in [0.1, 0.15) is 0 Å². The van der Waals surface area contributed by atoms with E-state index in [-0.39, 0.29) is 18.6 Å². The van der Waals surface area contributed by atoms with E-state index >= 15 is 0 Å². The molecule has 0 aliphatic carbocycles. The number of hydrogen-bond donors (Lipinski definition) is 3. The molecular formula is C13H18N2O3. The lowest BCUT2D eigenvalue weighted by atomic mass is 10.1. The van der Waals surface area contributed by atoms with E-state index < -0.39 is 6.09 Å². The van der Waals surface area contributed by atoms with E-state index in [1.807, 2.05) is 30.3 Å². The molecule has 2 atom stereocenters. The van der Waals surface area contributed by atoms with Gasteiger partial charge in [0.2, 0.25) is 0 Å². The van der Waals surface area contributed by atoms with Gasteiger partial charge < -0.3 is 15.5 Å². The number of nitrogens with one attached hydrogen (secondary N) is 1. The summed E-state index contributed by atoms with van der Waals surface area (Å²) in [5.41, 5.74) is 1.20. The lowest BCUT2D eigenvalue weighted by Crippen LogP contribution is -2.40. The lowest BCUT2D eigenvalue weighted by Gasteiger charge is -2.16. The highest BCUT2D eigenvalue weighted by Crippen LogP contribution is 2.19. The van der Waals surface area contributed by atoms with Crippen LogP contribution in [0.2, 0.25) is 0 Å². The maximum atomic E-state index is 10.7. The number of carboxylic acid groups (broad SMARTS) is 1. The minimum Gasteiger partial charge on any atom is -0.465 e. The number of aliphatic hydroxyl groups is 1. The molecule has 0 bridgehead atoms. The molecule has 18 heavy (non-hydrogen) atoms. The van der Waals surface area contributed by atoms with Crippen molar-refractivity contribution in [3.8, 4) is 0 Å². The first-order valence-electron chi connectivity index (χ1n) is 6.05. The van der Waals surface area contributed by atoms with Gasteiger partial charge in [-0.3, -0.25) is 4.90 Å². The summed E-state index contributed by atoms with van der Waals surface area (Å²) in [4.78, 5) is 12.8. The monoisotopic (exact) mass is 250 g/mol. The fourth-order valence-corrected chi connectivity index (χ4v) is 2.44. The van der Waals surface area contributed by atoms with Crippen LogP contribution in [0.15, 0.2) is 30.3 Å². The summed E-state index contributed by atoms with van der Waals surface area (Å²) < 4.78 is 0. The molecule has 0 radical (unpaired) electrons. The number of nitrogens with zero attached hydrogens (tertiary/aromatic N) is 1. The highest BCUT2D eigenvalue weighted by molar-refractivity contribution is 5.65. The zero-order valence-corrected chi connectivity index (χ0v) is 10.1. The summed E-state index contributed by atoms with van der Waals surface area (Å²) in [5.74, 6) is -0.0233. The first-order chi connectivity index (χ1) is 8.69. The van der Waals surface area contributed by atoms with Gasteiger partial charge in [0.25, 0.3) is 0 Å². The third kappa shape index (κ3) is 3.21. The Balaban J connectivity index is 1.94. The molecule has 1 aliphatic heterocycles. The maximum Gasteiger partial charge on any atom is 0.404 e. The second-order valence-electron chi connectivity index (χ2n) is 4.68. The van der Waals surface area contributed by atoms with Crippen molar-refractivity contribution in [1.29, 1.82) is 0 Å². The fourth-order valence-electron chi connectivity index (χ4n) is 2.44. The number of aliphatic hydroxyl groups excluding tert-OH is 1. The molecule has 5 heteroatoms. The topological polar surface area (TPSA) is 72.8 Å². The van der Waals surface area contributed by atoms with E-state index in [0.29, 0.717) is 6.54 Å². The summed E-state index contributed by atoms with van der Waals surface area (Å²) in [6.45, 7) is 2.16. The third-order valence-corrected chi connectivity index (χ3v) is 3.31. The van der Waals surface area contributed by atoms with Gasteiger partial charge in [0.05, 0.1) is 6.04 Å². The molecule has 0 saturated carbocycles. The summed E-state index contributed by atoms with van der Waals surface area (Å²) in [6.07, 6.45) is -1.03. The molecular weight excluding hydrogens is 232 g/mol. The zero-order valence-electron chi connectivity index (χ0n) is 10.1. The lowest BCUT2D eigenvalue weighted by molar-refractivity contribution is 0.177. The average molecular weight is 250 g/mol. The van der Waals surface area contributed by atoms with Crippen LogP contribution < -0.4 is 5.32 Å². The predicted octanol–water partition coefficient (Wildman–Crippen LogP) is 0.747. The van der Waals surface area contributed by atoms with E-state index in [0.717, 1.165) is 13.1 Å². The van der Waals surface area contributed by atoms with E-state index in [1.165, 1.54) is 5.56 Å². The van der Waals surface area contributed by atoms with Crippen molar-refractivity contribution in [2.24, 2.45) is 5.92 Å². The Labute approximate surface area is 106 Å². The Hall–Kier alpha value is -1.59. The van der Waals surface area contributed by atoms with Gasteiger partial charge in [-0.2, -0.15) is 0 Å². The van der Waals surface area contributed by atoms with Crippen LogP contribution in [0.5, 0.6) is 0 Å². The molecule has 0 spiro atoms. The molecule has 5 nitrogen and oxygen atoms in total. The molecule has 1 aromatic carbocycles. The van der Waals surface area contributed by atoms with E-state index in [1.54, 1.807) is 0 Å². The smallest absolute Gasteiger partial charge is 0.404 e. The SMILES string of the molecule is O=C(O)N[C@@H]1CN(Cc2ccccc2)C[C@H]1CO. The number of carbonyl (C=O) groups is 1. The molecule has 98 valence electrons. The van der Waals surface area contributed by atoms with Crippen LogP contribution in [0, 0.1) is 5.92 Å². The second-order valence-corrected chi connectivity index (χ2v) is 4.68. The van der Waals surface area contributed by atoms with Gasteiger partial charge in [-0.25, -0.2) is 4.79 Å². The van der Waals surface area contributed by atoms with Crippen molar-refractivity contribution in [3.63, 3.8) is 0 Å². The van der Waals surface area contributed by atoms with Crippen LogP contribution >= 0.6 is 0 Å². The van der Waals surface area contributed by atoms with Crippen LogP contribution in [0.25, 0.3) is 0 Å². The van der Waals surface area contributed by atoms with E-state index in [2.05, 4.69) is 10.2 Å². The summed E-state index contributed by atoms with van der Waals surface area (Å²) in [7, 11) is 0. The molecule has 3 N–H and O–H groups in total. The quantitative estimate of drug-likeness (QED) is 0.737. The van der Waals surface area contributed by atoms with Crippen molar-refractivity contribution in [2.75, 3.05) is 19.7 Å². The van der Waals surface area contributed by atoms with Gasteiger partial charge in [-0.15, -0.1) is 0 Å². The van der Waals surface area contributed by atoms with Gasteiger partial charge >= 0.3 is 6.09 Å². The Kier molecular flexibility index (Phi) is 4.17. The van der Waals surface area contributed by atoms with Crippen LogP contribution in [0.3, 0.4) is 0 Å². The molecule has 1 fully saturated rings. The number of rotatable bonds is 4. The Morgan fingerprint density at radius 2 is 2.06 bits per heavy atom. The van der Waals surface area contributed by atoms with Crippen molar-refractivity contribution < 1.29 is 15.0 Å². The molecule has 1 saturated heterocycles. The molecule has 1 aromatic rings. The van der Waals surface area contributed by atoms with Crippen LogP contribution in [-0.4, -0.2) is 46.9 Å². The molecule has 1 heterocycles.